The highest BCUT2D eigenvalue weighted by Gasteiger charge is 2.36. The zero-order valence-corrected chi connectivity index (χ0v) is 11.8. The second-order valence-corrected chi connectivity index (χ2v) is 6.61. The summed E-state index contributed by atoms with van der Waals surface area (Å²) in [4.78, 5) is 5.23. The average molecular weight is 244 g/mol. The van der Waals surface area contributed by atoms with Crippen molar-refractivity contribution in [1.82, 2.24) is 0 Å². The van der Waals surface area contributed by atoms with E-state index in [4.69, 9.17) is 0 Å². The first kappa shape index (κ1) is 11.9. The van der Waals surface area contributed by atoms with Crippen LogP contribution in [0.4, 0.5) is 11.4 Å². The predicted octanol–water partition coefficient (Wildman–Crippen LogP) is 3.66. The van der Waals surface area contributed by atoms with Crippen LogP contribution in [0.1, 0.15) is 40.0 Å². The average Bonchev–Trinajstić information content (AvgIpc) is 2.37. The first-order chi connectivity index (χ1) is 8.57. The fourth-order valence-electron chi connectivity index (χ4n) is 3.39. The van der Waals surface area contributed by atoms with Crippen LogP contribution < -0.4 is 9.80 Å². The molecular weight excluding hydrogens is 220 g/mol. The number of fused-ring (bicyclic) bond motifs is 3. The second kappa shape index (κ2) is 4.18. The molecule has 0 N–H and O–H groups in total. The number of anilines is 2. The Morgan fingerprint density at radius 2 is 1.78 bits per heavy atom. The monoisotopic (exact) mass is 244 g/mol. The Labute approximate surface area is 111 Å². The van der Waals surface area contributed by atoms with Crippen molar-refractivity contribution in [3.63, 3.8) is 0 Å². The van der Waals surface area contributed by atoms with Gasteiger partial charge in [-0.2, -0.15) is 0 Å². The van der Waals surface area contributed by atoms with E-state index in [9.17, 15) is 0 Å². The summed E-state index contributed by atoms with van der Waals surface area (Å²) in [6.45, 7) is 9.38. The summed E-state index contributed by atoms with van der Waals surface area (Å²) in [6.07, 6.45) is 4.09. The van der Waals surface area contributed by atoms with E-state index in [1.54, 1.807) is 0 Å². The maximum atomic E-state index is 2.64. The van der Waals surface area contributed by atoms with Gasteiger partial charge in [-0.25, -0.2) is 0 Å². The molecular formula is C16H24N2. The van der Waals surface area contributed by atoms with Gasteiger partial charge in [0.15, 0.2) is 0 Å². The van der Waals surface area contributed by atoms with E-state index in [0.717, 1.165) is 0 Å². The van der Waals surface area contributed by atoms with Crippen LogP contribution >= 0.6 is 0 Å². The van der Waals surface area contributed by atoms with Crippen LogP contribution in [-0.4, -0.2) is 24.7 Å². The summed E-state index contributed by atoms with van der Waals surface area (Å²) < 4.78 is 0. The molecule has 1 aromatic rings. The van der Waals surface area contributed by atoms with E-state index < -0.39 is 0 Å². The Hall–Kier alpha value is -1.18. The molecule has 1 unspecified atom stereocenters. The highest BCUT2D eigenvalue weighted by Crippen LogP contribution is 2.41. The minimum absolute atomic E-state index is 0.208. The van der Waals surface area contributed by atoms with Crippen molar-refractivity contribution in [3.8, 4) is 0 Å². The molecule has 0 spiro atoms. The van der Waals surface area contributed by atoms with Crippen LogP contribution in [0.3, 0.4) is 0 Å². The molecule has 0 bridgehead atoms. The third kappa shape index (κ3) is 1.88. The summed E-state index contributed by atoms with van der Waals surface area (Å²) in [5.74, 6) is 0. The van der Waals surface area contributed by atoms with Gasteiger partial charge in [0.25, 0.3) is 0 Å². The van der Waals surface area contributed by atoms with Gasteiger partial charge in [0.05, 0.1) is 11.4 Å². The van der Waals surface area contributed by atoms with Gasteiger partial charge in [0.2, 0.25) is 0 Å². The second-order valence-electron chi connectivity index (χ2n) is 6.61. The third-order valence-electron chi connectivity index (χ3n) is 4.31. The van der Waals surface area contributed by atoms with E-state index in [0.29, 0.717) is 6.04 Å². The van der Waals surface area contributed by atoms with Gasteiger partial charge in [0, 0.05) is 24.7 Å². The molecule has 0 aliphatic carbocycles. The Bertz CT molecular complexity index is 433. The Balaban J connectivity index is 2.05. The minimum atomic E-state index is 0.208. The summed E-state index contributed by atoms with van der Waals surface area (Å²) in [5, 5.41) is 0. The molecule has 2 heterocycles. The maximum absolute atomic E-state index is 2.64. The number of hydrogen-bond donors (Lipinski definition) is 0. The molecule has 0 amide bonds. The molecule has 2 heteroatoms. The van der Waals surface area contributed by atoms with E-state index in [-0.39, 0.29) is 5.54 Å². The number of piperidine rings is 1. The molecule has 98 valence electrons. The lowest BCUT2D eigenvalue weighted by Crippen LogP contribution is -2.56. The summed E-state index contributed by atoms with van der Waals surface area (Å²) >= 11 is 0. The Kier molecular flexibility index (Phi) is 2.76. The summed E-state index contributed by atoms with van der Waals surface area (Å²) in [6, 6.07) is 9.64. The molecule has 2 nitrogen and oxygen atoms in total. The van der Waals surface area contributed by atoms with Crippen LogP contribution in [0.2, 0.25) is 0 Å². The van der Waals surface area contributed by atoms with Crippen molar-refractivity contribution >= 4 is 11.4 Å². The van der Waals surface area contributed by atoms with Crippen LogP contribution in [-0.2, 0) is 0 Å². The number of nitrogens with zero attached hydrogens (tertiary/aromatic N) is 2. The van der Waals surface area contributed by atoms with E-state index in [1.165, 1.54) is 43.7 Å². The zero-order chi connectivity index (χ0) is 12.8. The highest BCUT2D eigenvalue weighted by atomic mass is 15.3. The molecule has 0 saturated carbocycles. The SMILES string of the molecule is CC(C)(C)N1CC2CCCCN2c2ccccc21. The maximum Gasteiger partial charge on any atom is 0.0609 e. The number of hydrogen-bond acceptors (Lipinski definition) is 2. The lowest BCUT2D eigenvalue weighted by Gasteiger charge is -2.51. The zero-order valence-electron chi connectivity index (χ0n) is 11.8. The fraction of sp³-hybridized carbons (Fsp3) is 0.625. The normalized spacial score (nSPS) is 23.6. The van der Waals surface area contributed by atoms with Crippen molar-refractivity contribution in [2.24, 2.45) is 0 Å². The van der Waals surface area contributed by atoms with Crippen LogP contribution in [0, 0.1) is 0 Å². The molecule has 1 fully saturated rings. The Morgan fingerprint density at radius 3 is 2.50 bits per heavy atom. The molecule has 0 radical (unpaired) electrons. The lowest BCUT2D eigenvalue weighted by atomic mass is 9.93. The van der Waals surface area contributed by atoms with E-state index in [1.807, 2.05) is 0 Å². The minimum Gasteiger partial charge on any atom is -0.365 e. The van der Waals surface area contributed by atoms with Crippen LogP contribution in [0.25, 0.3) is 0 Å². The van der Waals surface area contributed by atoms with E-state index >= 15 is 0 Å². The van der Waals surface area contributed by atoms with Gasteiger partial charge in [0.1, 0.15) is 0 Å². The van der Waals surface area contributed by atoms with Crippen molar-refractivity contribution < 1.29 is 0 Å². The van der Waals surface area contributed by atoms with Gasteiger partial charge in [-0.15, -0.1) is 0 Å². The first-order valence-corrected chi connectivity index (χ1v) is 7.21. The highest BCUT2D eigenvalue weighted by molar-refractivity contribution is 5.75. The number of benzene rings is 1. The van der Waals surface area contributed by atoms with Crippen LogP contribution in [0.15, 0.2) is 24.3 Å². The van der Waals surface area contributed by atoms with E-state index in [2.05, 4.69) is 54.8 Å². The predicted molar refractivity (Wildman–Crippen MR) is 78.5 cm³/mol. The molecule has 3 rings (SSSR count). The molecule has 1 atom stereocenters. The molecule has 1 saturated heterocycles. The Morgan fingerprint density at radius 1 is 1.06 bits per heavy atom. The van der Waals surface area contributed by atoms with Crippen molar-refractivity contribution in [2.75, 3.05) is 22.9 Å². The van der Waals surface area contributed by atoms with Crippen molar-refractivity contribution in [1.29, 1.82) is 0 Å². The van der Waals surface area contributed by atoms with Gasteiger partial charge in [-0.3, -0.25) is 0 Å². The number of rotatable bonds is 0. The molecule has 1 aromatic carbocycles. The first-order valence-electron chi connectivity index (χ1n) is 7.21. The van der Waals surface area contributed by atoms with Gasteiger partial charge in [-0.05, 0) is 52.2 Å². The van der Waals surface area contributed by atoms with Gasteiger partial charge < -0.3 is 9.80 Å². The molecule has 18 heavy (non-hydrogen) atoms. The van der Waals surface area contributed by atoms with Crippen molar-refractivity contribution in [3.05, 3.63) is 24.3 Å². The smallest absolute Gasteiger partial charge is 0.0609 e. The summed E-state index contributed by atoms with van der Waals surface area (Å²) in [5.41, 5.74) is 3.08. The standard InChI is InChI=1S/C16H24N2/c1-16(2,3)18-12-13-8-6-7-11-17(13)14-9-4-5-10-15(14)18/h4-5,9-10,13H,6-8,11-12H2,1-3H3. The fourth-order valence-corrected chi connectivity index (χ4v) is 3.39. The molecule has 0 aromatic heterocycles. The molecule has 2 aliphatic rings. The van der Waals surface area contributed by atoms with Gasteiger partial charge in [-0.1, -0.05) is 12.1 Å². The quantitative estimate of drug-likeness (QED) is 0.687. The number of para-hydroxylation sites is 2. The third-order valence-corrected chi connectivity index (χ3v) is 4.31. The molecule has 2 aliphatic heterocycles. The largest absolute Gasteiger partial charge is 0.365 e. The van der Waals surface area contributed by atoms with Crippen LogP contribution in [0.5, 0.6) is 0 Å². The van der Waals surface area contributed by atoms with Crippen molar-refractivity contribution in [2.45, 2.75) is 51.6 Å². The topological polar surface area (TPSA) is 6.48 Å². The van der Waals surface area contributed by atoms with Gasteiger partial charge >= 0.3 is 0 Å². The lowest BCUT2D eigenvalue weighted by molar-refractivity contribution is 0.399. The summed E-state index contributed by atoms with van der Waals surface area (Å²) in [7, 11) is 0.